The molecule has 0 radical (unpaired) electrons. The maximum atomic E-state index is 12.4. The third-order valence-corrected chi connectivity index (χ3v) is 5.17. The van der Waals surface area contributed by atoms with E-state index in [1.807, 2.05) is 42.5 Å². The summed E-state index contributed by atoms with van der Waals surface area (Å²) in [5.74, 6) is 1.04. The van der Waals surface area contributed by atoms with E-state index in [0.29, 0.717) is 35.8 Å². The summed E-state index contributed by atoms with van der Waals surface area (Å²) in [7, 11) is 1.57. The molecular formula is C24H24N2O4. The lowest BCUT2D eigenvalue weighted by Crippen LogP contribution is -2.35. The average molecular weight is 404 g/mol. The fourth-order valence-electron chi connectivity index (χ4n) is 3.64. The zero-order valence-electron chi connectivity index (χ0n) is 16.9. The van der Waals surface area contributed by atoms with Crippen molar-refractivity contribution in [2.75, 3.05) is 30.5 Å². The maximum absolute atomic E-state index is 12.4. The van der Waals surface area contributed by atoms with Crippen molar-refractivity contribution in [3.63, 3.8) is 0 Å². The summed E-state index contributed by atoms with van der Waals surface area (Å²) < 4.78 is 11.1. The third-order valence-electron chi connectivity index (χ3n) is 5.17. The number of carbonyl (C=O) groups excluding carboxylic acids is 2. The topological polar surface area (TPSA) is 67.9 Å². The highest BCUT2D eigenvalue weighted by Gasteiger charge is 2.23. The summed E-state index contributed by atoms with van der Waals surface area (Å²) in [6.45, 7) is 0.542. The first kappa shape index (κ1) is 19.8. The molecule has 154 valence electrons. The second-order valence-electron chi connectivity index (χ2n) is 7.23. The Bertz CT molecular complexity index is 1080. The van der Waals surface area contributed by atoms with Crippen molar-refractivity contribution in [2.45, 2.75) is 19.3 Å². The van der Waals surface area contributed by atoms with E-state index in [-0.39, 0.29) is 18.4 Å². The van der Waals surface area contributed by atoms with E-state index in [0.717, 1.165) is 23.6 Å². The van der Waals surface area contributed by atoms with Gasteiger partial charge < -0.3 is 19.7 Å². The Morgan fingerprint density at radius 2 is 1.87 bits per heavy atom. The molecule has 1 aliphatic rings. The lowest BCUT2D eigenvalue weighted by molar-refractivity contribution is -0.119. The molecular weight excluding hydrogens is 380 g/mol. The van der Waals surface area contributed by atoms with Crippen LogP contribution in [-0.2, 0) is 9.59 Å². The van der Waals surface area contributed by atoms with Gasteiger partial charge >= 0.3 is 0 Å². The summed E-state index contributed by atoms with van der Waals surface area (Å²) in [5.41, 5.74) is 1.27. The third kappa shape index (κ3) is 4.38. The highest BCUT2D eigenvalue weighted by molar-refractivity contribution is 5.98. The minimum absolute atomic E-state index is 0.0719. The monoisotopic (exact) mass is 404 g/mol. The van der Waals surface area contributed by atoms with Crippen LogP contribution in [-0.4, -0.2) is 32.1 Å². The van der Waals surface area contributed by atoms with Gasteiger partial charge in [0.15, 0.2) is 6.61 Å². The molecule has 2 amide bonds. The Hall–Kier alpha value is -3.54. The Kier molecular flexibility index (Phi) is 5.84. The van der Waals surface area contributed by atoms with E-state index in [2.05, 4.69) is 5.32 Å². The predicted octanol–water partition coefficient (Wildman–Crippen LogP) is 4.38. The quantitative estimate of drug-likeness (QED) is 0.662. The number of nitrogens with one attached hydrogen (secondary N) is 1. The van der Waals surface area contributed by atoms with E-state index in [4.69, 9.17) is 9.47 Å². The molecule has 1 heterocycles. The molecule has 6 heteroatoms. The minimum Gasteiger partial charge on any atom is -0.495 e. The number of amides is 2. The van der Waals surface area contributed by atoms with E-state index in [9.17, 15) is 9.59 Å². The Balaban J connectivity index is 1.43. The fourth-order valence-corrected chi connectivity index (χ4v) is 3.64. The number of methoxy groups -OCH3 is 1. The number of hydrogen-bond donors (Lipinski definition) is 1. The Labute approximate surface area is 175 Å². The molecule has 30 heavy (non-hydrogen) atoms. The molecule has 4 rings (SSSR count). The van der Waals surface area contributed by atoms with Crippen LogP contribution < -0.4 is 19.7 Å². The molecule has 3 aromatic rings. The molecule has 6 nitrogen and oxygen atoms in total. The van der Waals surface area contributed by atoms with Gasteiger partial charge in [0.2, 0.25) is 5.91 Å². The SMILES string of the molecule is COc1ccc(NC(=O)COc2ccc3ccccc3c2)cc1N1CCCCC1=O. The summed E-state index contributed by atoms with van der Waals surface area (Å²) in [4.78, 5) is 26.4. The van der Waals surface area contributed by atoms with E-state index < -0.39 is 0 Å². The molecule has 1 aliphatic heterocycles. The average Bonchev–Trinajstić information content (AvgIpc) is 2.78. The van der Waals surface area contributed by atoms with Crippen LogP contribution in [0.4, 0.5) is 11.4 Å². The van der Waals surface area contributed by atoms with Gasteiger partial charge in [0.1, 0.15) is 11.5 Å². The lowest BCUT2D eigenvalue weighted by atomic mass is 10.1. The molecule has 0 unspecified atom stereocenters. The molecule has 0 atom stereocenters. The number of hydrogen-bond acceptors (Lipinski definition) is 4. The van der Waals surface area contributed by atoms with Gasteiger partial charge in [-0.1, -0.05) is 30.3 Å². The molecule has 0 aliphatic carbocycles. The van der Waals surface area contributed by atoms with Crippen molar-refractivity contribution in [3.8, 4) is 11.5 Å². The molecule has 3 aromatic carbocycles. The van der Waals surface area contributed by atoms with Gasteiger partial charge in [0.05, 0.1) is 12.8 Å². The predicted molar refractivity (Wildman–Crippen MR) is 117 cm³/mol. The van der Waals surface area contributed by atoms with Crippen LogP contribution in [0.3, 0.4) is 0 Å². The second kappa shape index (κ2) is 8.86. The molecule has 1 saturated heterocycles. The van der Waals surface area contributed by atoms with Gasteiger partial charge in [-0.25, -0.2) is 0 Å². The normalized spacial score (nSPS) is 13.9. The van der Waals surface area contributed by atoms with Crippen LogP contribution in [0.1, 0.15) is 19.3 Å². The number of fused-ring (bicyclic) bond motifs is 1. The van der Waals surface area contributed by atoms with Gasteiger partial charge in [-0.2, -0.15) is 0 Å². The highest BCUT2D eigenvalue weighted by atomic mass is 16.5. The molecule has 1 N–H and O–H groups in total. The van der Waals surface area contributed by atoms with Gasteiger partial charge in [-0.3, -0.25) is 9.59 Å². The molecule has 0 saturated carbocycles. The largest absolute Gasteiger partial charge is 0.495 e. The molecule has 1 fully saturated rings. The summed E-state index contributed by atoms with van der Waals surface area (Å²) >= 11 is 0. The van der Waals surface area contributed by atoms with Crippen LogP contribution in [0.2, 0.25) is 0 Å². The zero-order valence-corrected chi connectivity index (χ0v) is 16.9. The summed E-state index contributed by atoms with van der Waals surface area (Å²) in [5, 5.41) is 5.01. The Morgan fingerprint density at radius 1 is 1.03 bits per heavy atom. The van der Waals surface area contributed by atoms with Crippen LogP contribution >= 0.6 is 0 Å². The van der Waals surface area contributed by atoms with Gasteiger partial charge in [0.25, 0.3) is 5.91 Å². The number of anilines is 2. The fraction of sp³-hybridized carbons (Fsp3) is 0.250. The number of ether oxygens (including phenoxy) is 2. The van der Waals surface area contributed by atoms with Crippen LogP contribution in [0.25, 0.3) is 10.8 Å². The number of nitrogens with zero attached hydrogens (tertiary/aromatic N) is 1. The van der Waals surface area contributed by atoms with E-state index in [1.54, 1.807) is 30.2 Å². The van der Waals surface area contributed by atoms with E-state index >= 15 is 0 Å². The zero-order chi connectivity index (χ0) is 20.9. The van der Waals surface area contributed by atoms with Crippen molar-refractivity contribution in [2.24, 2.45) is 0 Å². The van der Waals surface area contributed by atoms with Gasteiger partial charge in [0, 0.05) is 18.7 Å². The summed E-state index contributed by atoms with van der Waals surface area (Å²) in [6.07, 6.45) is 2.38. The standard InChI is InChI=1S/C24H24N2O4/c1-29-22-12-10-19(15-21(22)26-13-5-4-8-24(26)28)25-23(27)16-30-20-11-9-17-6-2-3-7-18(17)14-20/h2-3,6-7,9-12,14-15H,4-5,8,13,16H2,1H3,(H,25,27). The van der Waals surface area contributed by atoms with Crippen molar-refractivity contribution in [1.82, 2.24) is 0 Å². The smallest absolute Gasteiger partial charge is 0.262 e. The van der Waals surface area contributed by atoms with Gasteiger partial charge in [-0.05, 0) is 53.9 Å². The highest BCUT2D eigenvalue weighted by Crippen LogP contribution is 2.33. The van der Waals surface area contributed by atoms with Crippen molar-refractivity contribution in [1.29, 1.82) is 0 Å². The summed E-state index contributed by atoms with van der Waals surface area (Å²) in [6, 6.07) is 19.0. The van der Waals surface area contributed by atoms with Crippen molar-refractivity contribution >= 4 is 34.0 Å². The van der Waals surface area contributed by atoms with Crippen molar-refractivity contribution in [3.05, 3.63) is 60.7 Å². The number of piperidine rings is 1. The molecule has 0 spiro atoms. The van der Waals surface area contributed by atoms with Crippen molar-refractivity contribution < 1.29 is 19.1 Å². The van der Waals surface area contributed by atoms with Crippen LogP contribution in [0.15, 0.2) is 60.7 Å². The first-order valence-electron chi connectivity index (χ1n) is 10.0. The molecule has 0 bridgehead atoms. The lowest BCUT2D eigenvalue weighted by Gasteiger charge is -2.28. The van der Waals surface area contributed by atoms with E-state index in [1.165, 1.54) is 0 Å². The number of rotatable bonds is 6. The van der Waals surface area contributed by atoms with Gasteiger partial charge in [-0.15, -0.1) is 0 Å². The van der Waals surface area contributed by atoms with Crippen LogP contribution in [0, 0.1) is 0 Å². The first-order valence-corrected chi connectivity index (χ1v) is 10.0. The van der Waals surface area contributed by atoms with Crippen LogP contribution in [0.5, 0.6) is 11.5 Å². The second-order valence-corrected chi connectivity index (χ2v) is 7.23. The Morgan fingerprint density at radius 3 is 2.67 bits per heavy atom. The number of carbonyl (C=O) groups is 2. The number of benzene rings is 3. The first-order chi connectivity index (χ1) is 14.6. The maximum Gasteiger partial charge on any atom is 0.262 e. The molecule has 0 aromatic heterocycles. The minimum atomic E-state index is -0.274.